The van der Waals surface area contributed by atoms with Crippen LogP contribution in [0.3, 0.4) is 0 Å². The Bertz CT molecular complexity index is 522. The van der Waals surface area contributed by atoms with E-state index in [-0.39, 0.29) is 19.6 Å². The van der Waals surface area contributed by atoms with Crippen LogP contribution in [0.5, 0.6) is 0 Å². The lowest BCUT2D eigenvalue weighted by Crippen LogP contribution is -2.59. The summed E-state index contributed by atoms with van der Waals surface area (Å²) in [6.45, 7) is 4.87. The Morgan fingerprint density at radius 2 is 2.09 bits per heavy atom. The zero-order valence-electron chi connectivity index (χ0n) is 12.7. The third-order valence-corrected chi connectivity index (χ3v) is 3.92. The fourth-order valence-corrected chi connectivity index (χ4v) is 2.78. The maximum atomic E-state index is 13.1. The average Bonchev–Trinajstić information content (AvgIpc) is 2.73. The molecule has 0 aromatic carbocycles. The highest BCUT2D eigenvalue weighted by Crippen LogP contribution is 2.31. The summed E-state index contributed by atoms with van der Waals surface area (Å²) in [5.41, 5.74) is 1.44. The van der Waals surface area contributed by atoms with Crippen molar-refractivity contribution in [2.24, 2.45) is 0 Å². The van der Waals surface area contributed by atoms with E-state index in [1.54, 1.807) is 13.8 Å². The van der Waals surface area contributed by atoms with Gasteiger partial charge in [-0.05, 0) is 27.2 Å². The zero-order chi connectivity index (χ0) is 16.5. The molecule has 1 aromatic heterocycles. The third kappa shape index (κ3) is 3.43. The van der Waals surface area contributed by atoms with Crippen LogP contribution >= 0.6 is 0 Å². The Labute approximate surface area is 126 Å². The Morgan fingerprint density at radius 3 is 2.64 bits per heavy atom. The van der Waals surface area contributed by atoms with Crippen LogP contribution in [-0.2, 0) is 16.0 Å². The zero-order valence-corrected chi connectivity index (χ0v) is 12.7. The highest BCUT2D eigenvalue weighted by atomic mass is 19.4. The molecule has 0 N–H and O–H groups in total. The van der Waals surface area contributed by atoms with E-state index in [1.165, 1.54) is 6.92 Å². The first-order chi connectivity index (χ1) is 10.2. The topological polar surface area (TPSA) is 55.6 Å². The van der Waals surface area contributed by atoms with Crippen molar-refractivity contribution in [2.75, 3.05) is 13.2 Å². The monoisotopic (exact) mass is 320 g/mol. The first-order valence-electron chi connectivity index (χ1n) is 7.11. The number of amides is 1. The maximum Gasteiger partial charge on any atom is 0.411 e. The lowest BCUT2D eigenvalue weighted by molar-refractivity contribution is -0.230. The van der Waals surface area contributed by atoms with Gasteiger partial charge in [-0.1, -0.05) is 5.16 Å². The van der Waals surface area contributed by atoms with E-state index in [2.05, 4.69) is 5.16 Å². The lowest BCUT2D eigenvalue weighted by Gasteiger charge is -2.40. The van der Waals surface area contributed by atoms with Crippen molar-refractivity contribution in [3.8, 4) is 0 Å². The van der Waals surface area contributed by atoms with Crippen molar-refractivity contribution in [1.82, 2.24) is 10.1 Å². The fraction of sp³-hybridized carbons (Fsp3) is 0.714. The lowest BCUT2D eigenvalue weighted by atomic mass is 10.0. The van der Waals surface area contributed by atoms with Crippen LogP contribution in [0, 0.1) is 13.8 Å². The highest BCUT2D eigenvalue weighted by Gasteiger charge is 2.50. The van der Waals surface area contributed by atoms with Crippen LogP contribution in [-0.4, -0.2) is 47.4 Å². The molecular formula is C14H19F3N2O3. The van der Waals surface area contributed by atoms with Gasteiger partial charge in [0.25, 0.3) is 0 Å². The number of halogens is 3. The number of ether oxygens (including phenoxy) is 1. The first kappa shape index (κ1) is 16.8. The summed E-state index contributed by atoms with van der Waals surface area (Å²) >= 11 is 0. The first-order valence-corrected chi connectivity index (χ1v) is 7.11. The number of morpholine rings is 1. The molecule has 1 aromatic rings. The summed E-state index contributed by atoms with van der Waals surface area (Å²) in [4.78, 5) is 13.1. The van der Waals surface area contributed by atoms with Crippen LogP contribution < -0.4 is 0 Å². The molecule has 1 saturated heterocycles. The minimum absolute atomic E-state index is 0.0117. The number of nitrogens with zero attached hydrogens (tertiary/aromatic N) is 2. The fourth-order valence-electron chi connectivity index (χ4n) is 2.78. The summed E-state index contributed by atoms with van der Waals surface area (Å²) in [5, 5.41) is 3.77. The second-order valence-electron chi connectivity index (χ2n) is 5.45. The van der Waals surface area contributed by atoms with Gasteiger partial charge in [-0.15, -0.1) is 0 Å². The molecule has 2 atom stereocenters. The van der Waals surface area contributed by atoms with Crippen molar-refractivity contribution >= 4 is 5.91 Å². The van der Waals surface area contributed by atoms with Gasteiger partial charge in [0.1, 0.15) is 5.76 Å². The number of aromatic nitrogens is 1. The Kier molecular flexibility index (Phi) is 4.79. The number of hydrogen-bond donors (Lipinski definition) is 0. The van der Waals surface area contributed by atoms with Gasteiger partial charge in [-0.2, -0.15) is 13.2 Å². The second kappa shape index (κ2) is 6.28. The minimum Gasteiger partial charge on any atom is -0.374 e. The molecule has 8 heteroatoms. The Morgan fingerprint density at radius 1 is 1.41 bits per heavy atom. The van der Waals surface area contributed by atoms with Gasteiger partial charge in [0.05, 0.1) is 18.4 Å². The molecule has 1 amide bonds. The van der Waals surface area contributed by atoms with Crippen LogP contribution in [0.2, 0.25) is 0 Å². The predicted molar refractivity (Wildman–Crippen MR) is 71.3 cm³/mol. The van der Waals surface area contributed by atoms with Crippen LogP contribution in [0.25, 0.3) is 0 Å². The average molecular weight is 320 g/mol. The van der Waals surface area contributed by atoms with Crippen LogP contribution in [0.4, 0.5) is 13.2 Å². The number of rotatable bonds is 3. The van der Waals surface area contributed by atoms with Gasteiger partial charge in [0.2, 0.25) is 5.91 Å². The van der Waals surface area contributed by atoms with E-state index >= 15 is 0 Å². The summed E-state index contributed by atoms with van der Waals surface area (Å²) < 4.78 is 49.5. The molecule has 2 heterocycles. The molecule has 0 unspecified atom stereocenters. The molecule has 2 rings (SSSR count). The minimum atomic E-state index is -4.50. The molecule has 1 aliphatic heterocycles. The van der Waals surface area contributed by atoms with E-state index < -0.39 is 24.2 Å². The maximum absolute atomic E-state index is 13.1. The molecule has 22 heavy (non-hydrogen) atoms. The van der Waals surface area contributed by atoms with Crippen molar-refractivity contribution in [1.29, 1.82) is 0 Å². The molecule has 124 valence electrons. The number of alkyl halides is 3. The number of hydrogen-bond acceptors (Lipinski definition) is 4. The third-order valence-electron chi connectivity index (χ3n) is 3.92. The van der Waals surface area contributed by atoms with E-state index in [9.17, 15) is 18.0 Å². The van der Waals surface area contributed by atoms with E-state index in [1.807, 2.05) is 0 Å². The Balaban J connectivity index is 2.07. The van der Waals surface area contributed by atoms with E-state index in [4.69, 9.17) is 9.26 Å². The van der Waals surface area contributed by atoms with Gasteiger partial charge < -0.3 is 14.2 Å². The van der Waals surface area contributed by atoms with Gasteiger partial charge in [0.15, 0.2) is 6.04 Å². The molecule has 0 radical (unpaired) electrons. The Hall–Kier alpha value is -1.57. The van der Waals surface area contributed by atoms with Crippen molar-refractivity contribution in [2.45, 2.75) is 51.9 Å². The smallest absolute Gasteiger partial charge is 0.374 e. The van der Waals surface area contributed by atoms with E-state index in [0.29, 0.717) is 17.9 Å². The second-order valence-corrected chi connectivity index (χ2v) is 5.45. The predicted octanol–water partition coefficient (Wildman–Crippen LogP) is 2.40. The molecular weight excluding hydrogens is 301 g/mol. The molecule has 1 aliphatic rings. The summed E-state index contributed by atoms with van der Waals surface area (Å²) in [7, 11) is 0. The molecule has 0 aliphatic carbocycles. The summed E-state index contributed by atoms with van der Waals surface area (Å²) in [6.07, 6.45) is -5.26. The van der Waals surface area contributed by atoms with Crippen LogP contribution in [0.15, 0.2) is 4.52 Å². The number of carbonyl (C=O) groups excluding carboxylic acids is 1. The number of aryl methyl sites for hydroxylation is 2. The van der Waals surface area contributed by atoms with Gasteiger partial charge in [-0.3, -0.25) is 4.79 Å². The van der Waals surface area contributed by atoms with Gasteiger partial charge >= 0.3 is 6.18 Å². The van der Waals surface area contributed by atoms with Gasteiger partial charge in [-0.25, -0.2) is 0 Å². The molecule has 5 nitrogen and oxygen atoms in total. The normalized spacial score (nSPS) is 22.9. The molecule has 0 spiro atoms. The molecule has 1 fully saturated rings. The summed E-state index contributed by atoms with van der Waals surface area (Å²) in [6, 6.07) is -1.89. The SMILES string of the molecule is Cc1noc(C)c1CCC(=O)N1CCO[C@@H](C)[C@H]1C(F)(F)F. The van der Waals surface area contributed by atoms with Crippen molar-refractivity contribution in [3.63, 3.8) is 0 Å². The molecule has 0 saturated carbocycles. The highest BCUT2D eigenvalue weighted by molar-refractivity contribution is 5.77. The number of carbonyl (C=O) groups is 1. The quantitative estimate of drug-likeness (QED) is 0.858. The van der Waals surface area contributed by atoms with E-state index in [0.717, 1.165) is 10.5 Å². The molecule has 0 bridgehead atoms. The van der Waals surface area contributed by atoms with Crippen LogP contribution in [0.1, 0.15) is 30.4 Å². The van der Waals surface area contributed by atoms with Crippen molar-refractivity contribution in [3.05, 3.63) is 17.0 Å². The standard InChI is InChI=1S/C14H19F3N2O3/c1-8-11(9(2)22-18-8)4-5-12(20)19-6-7-21-10(3)13(19)14(15,16)17/h10,13H,4-7H2,1-3H3/t10-,13-/m0/s1. The van der Waals surface area contributed by atoms with Gasteiger partial charge in [0, 0.05) is 18.5 Å². The summed E-state index contributed by atoms with van der Waals surface area (Å²) in [5.74, 6) is 0.0606. The van der Waals surface area contributed by atoms with Crippen molar-refractivity contribution < 1.29 is 27.2 Å². The largest absolute Gasteiger partial charge is 0.411 e.